The summed E-state index contributed by atoms with van der Waals surface area (Å²) in [5, 5.41) is 2.95. The summed E-state index contributed by atoms with van der Waals surface area (Å²) in [5.74, 6) is -0.903. The summed E-state index contributed by atoms with van der Waals surface area (Å²) in [6.07, 6.45) is 1.05. The second-order valence-electron chi connectivity index (χ2n) is 9.64. The summed E-state index contributed by atoms with van der Waals surface area (Å²) in [4.78, 5) is 28.6. The predicted octanol–water partition coefficient (Wildman–Crippen LogP) is 5.14. The maximum atomic E-state index is 14.0. The molecule has 0 fully saturated rings. The van der Waals surface area contributed by atoms with Gasteiger partial charge in [-0.2, -0.15) is 0 Å². The van der Waals surface area contributed by atoms with Gasteiger partial charge in [-0.15, -0.1) is 0 Å². The van der Waals surface area contributed by atoms with E-state index in [1.165, 1.54) is 4.90 Å². The number of hydrogen-bond acceptors (Lipinski definition) is 5. The lowest BCUT2D eigenvalue weighted by Crippen LogP contribution is -2.53. The van der Waals surface area contributed by atoms with Crippen molar-refractivity contribution in [3.05, 3.63) is 90.2 Å². The first-order valence-electron chi connectivity index (χ1n) is 13.8. The molecule has 0 saturated carbocycles. The average molecular weight is 584 g/mol. The van der Waals surface area contributed by atoms with Gasteiger partial charge in [0.05, 0.1) is 17.2 Å². The Morgan fingerprint density at radius 1 is 0.902 bits per heavy atom. The van der Waals surface area contributed by atoms with Crippen LogP contribution in [0.1, 0.15) is 46.1 Å². The molecule has 0 aliphatic rings. The number of rotatable bonds is 14. The largest absolute Gasteiger partial charge is 0.494 e. The third-order valence-corrected chi connectivity index (χ3v) is 8.49. The highest BCUT2D eigenvalue weighted by Gasteiger charge is 2.34. The number of benzene rings is 3. The molecule has 0 spiro atoms. The van der Waals surface area contributed by atoms with Crippen molar-refractivity contribution in [3.63, 3.8) is 0 Å². The third-order valence-electron chi connectivity index (χ3n) is 6.70. The van der Waals surface area contributed by atoms with Gasteiger partial charge in [-0.3, -0.25) is 13.9 Å². The molecule has 0 aliphatic carbocycles. The maximum Gasteiger partial charge on any atom is 0.264 e. The fourth-order valence-corrected chi connectivity index (χ4v) is 5.69. The summed E-state index contributed by atoms with van der Waals surface area (Å²) < 4.78 is 47.8. The maximum absolute atomic E-state index is 14.0. The fourth-order valence-electron chi connectivity index (χ4n) is 4.28. The molecule has 0 unspecified atom stereocenters. The zero-order valence-electron chi connectivity index (χ0n) is 23.9. The molecule has 3 aromatic carbocycles. The Bertz CT molecular complexity index is 1380. The Labute approximate surface area is 242 Å². The second kappa shape index (κ2) is 14.6. The summed E-state index contributed by atoms with van der Waals surface area (Å²) in [5.41, 5.74) is 1.02. The standard InChI is InChI=1S/C31H38FN3O5S/c1-5-23(4)33-31(37)29(6-2)34(21-24-11-9-8-10-12-24)30(36)22-35(26-15-17-27(18-16-26)40-7-3)41(38,39)28-19-13-25(32)14-20-28/h8-20,23,29H,5-7,21-22H2,1-4H3,(H,33,37)/t23-,29-/m0/s1. The second-order valence-corrected chi connectivity index (χ2v) is 11.5. The van der Waals surface area contributed by atoms with Gasteiger partial charge in [0.2, 0.25) is 11.8 Å². The van der Waals surface area contributed by atoms with Crippen LogP contribution in [0, 0.1) is 5.82 Å². The van der Waals surface area contributed by atoms with Crippen molar-refractivity contribution in [2.24, 2.45) is 0 Å². The van der Waals surface area contributed by atoms with E-state index < -0.39 is 34.3 Å². The minimum Gasteiger partial charge on any atom is -0.494 e. The van der Waals surface area contributed by atoms with Crippen molar-refractivity contribution in [2.75, 3.05) is 17.5 Å². The highest BCUT2D eigenvalue weighted by atomic mass is 32.2. The molecule has 0 radical (unpaired) electrons. The van der Waals surface area contributed by atoms with E-state index in [1.807, 2.05) is 58.0 Å². The van der Waals surface area contributed by atoms with Crippen molar-refractivity contribution < 1.29 is 27.1 Å². The Morgan fingerprint density at radius 2 is 1.54 bits per heavy atom. The van der Waals surface area contributed by atoms with Crippen LogP contribution in [-0.4, -0.2) is 50.4 Å². The summed E-state index contributed by atoms with van der Waals surface area (Å²) in [7, 11) is -4.30. The molecule has 8 nitrogen and oxygen atoms in total. The van der Waals surface area contributed by atoms with E-state index in [2.05, 4.69) is 5.32 Å². The number of anilines is 1. The number of nitrogens with one attached hydrogen (secondary N) is 1. The molecule has 41 heavy (non-hydrogen) atoms. The number of nitrogens with zero attached hydrogens (tertiary/aromatic N) is 2. The molecule has 3 rings (SSSR count). The lowest BCUT2D eigenvalue weighted by molar-refractivity contribution is -0.140. The Kier molecular flexibility index (Phi) is 11.3. The minimum atomic E-state index is -4.30. The number of carbonyl (C=O) groups excluding carboxylic acids is 2. The van der Waals surface area contributed by atoms with Crippen LogP contribution < -0.4 is 14.4 Å². The van der Waals surface area contributed by atoms with E-state index >= 15 is 0 Å². The Hall–Kier alpha value is -3.92. The monoisotopic (exact) mass is 583 g/mol. The first-order chi connectivity index (χ1) is 19.6. The van der Waals surface area contributed by atoms with E-state index in [-0.39, 0.29) is 29.1 Å². The highest BCUT2D eigenvalue weighted by Crippen LogP contribution is 2.27. The zero-order valence-corrected chi connectivity index (χ0v) is 24.7. The normalized spacial score (nSPS) is 12.7. The van der Waals surface area contributed by atoms with Crippen molar-refractivity contribution in [1.82, 2.24) is 10.2 Å². The first-order valence-corrected chi connectivity index (χ1v) is 15.2. The van der Waals surface area contributed by atoms with Gasteiger partial charge in [0.15, 0.2) is 0 Å². The van der Waals surface area contributed by atoms with Crippen LogP contribution in [0.2, 0.25) is 0 Å². The Balaban J connectivity index is 2.04. The van der Waals surface area contributed by atoms with Crippen LogP contribution in [0.3, 0.4) is 0 Å². The van der Waals surface area contributed by atoms with Gasteiger partial charge >= 0.3 is 0 Å². The summed E-state index contributed by atoms with van der Waals surface area (Å²) in [6.45, 7) is 7.45. The van der Waals surface area contributed by atoms with Crippen LogP contribution in [0.15, 0.2) is 83.8 Å². The average Bonchev–Trinajstić information content (AvgIpc) is 2.97. The van der Waals surface area contributed by atoms with E-state index in [9.17, 15) is 22.4 Å². The van der Waals surface area contributed by atoms with Gasteiger partial charge in [0.1, 0.15) is 24.2 Å². The molecule has 0 aromatic heterocycles. The molecule has 220 valence electrons. The number of carbonyl (C=O) groups is 2. The van der Waals surface area contributed by atoms with Crippen LogP contribution in [-0.2, 0) is 26.2 Å². The van der Waals surface area contributed by atoms with Crippen LogP contribution in [0.25, 0.3) is 0 Å². The lowest BCUT2D eigenvalue weighted by Gasteiger charge is -2.33. The fraction of sp³-hybridized carbons (Fsp3) is 0.355. The molecule has 3 aromatic rings. The van der Waals surface area contributed by atoms with Crippen LogP contribution in [0.4, 0.5) is 10.1 Å². The van der Waals surface area contributed by atoms with Crippen molar-refractivity contribution >= 4 is 27.5 Å². The molecular weight excluding hydrogens is 545 g/mol. The quantitative estimate of drug-likeness (QED) is 0.284. The Morgan fingerprint density at radius 3 is 2.10 bits per heavy atom. The molecule has 0 heterocycles. The van der Waals surface area contributed by atoms with Crippen LogP contribution >= 0.6 is 0 Å². The molecule has 1 N–H and O–H groups in total. The molecule has 0 aliphatic heterocycles. The number of ether oxygens (including phenoxy) is 1. The van der Waals surface area contributed by atoms with Crippen molar-refractivity contribution in [2.45, 2.75) is 64.1 Å². The highest BCUT2D eigenvalue weighted by molar-refractivity contribution is 7.92. The van der Waals surface area contributed by atoms with Gasteiger partial charge in [0, 0.05) is 12.6 Å². The summed E-state index contributed by atoms with van der Waals surface area (Å²) in [6, 6.07) is 19.1. The number of hydrogen-bond donors (Lipinski definition) is 1. The number of amides is 2. The molecule has 0 saturated heterocycles. The predicted molar refractivity (Wildman–Crippen MR) is 158 cm³/mol. The third kappa shape index (κ3) is 8.29. The van der Waals surface area contributed by atoms with E-state index in [4.69, 9.17) is 4.74 Å². The zero-order chi connectivity index (χ0) is 30.0. The topological polar surface area (TPSA) is 96.0 Å². The van der Waals surface area contributed by atoms with Gasteiger partial charge in [-0.1, -0.05) is 44.2 Å². The molecule has 2 atom stereocenters. The SMILES string of the molecule is CCOc1ccc(N(CC(=O)N(Cc2ccccc2)[C@@H](CC)C(=O)N[C@@H](C)CC)S(=O)(=O)c2ccc(F)cc2)cc1. The van der Waals surface area contributed by atoms with Crippen molar-refractivity contribution in [3.8, 4) is 5.75 Å². The van der Waals surface area contributed by atoms with Gasteiger partial charge < -0.3 is 15.0 Å². The minimum absolute atomic E-state index is 0.0931. The molecular formula is C31H38FN3O5S. The smallest absolute Gasteiger partial charge is 0.264 e. The van der Waals surface area contributed by atoms with E-state index in [1.54, 1.807) is 24.3 Å². The van der Waals surface area contributed by atoms with Crippen molar-refractivity contribution in [1.29, 1.82) is 0 Å². The van der Waals surface area contributed by atoms with Gasteiger partial charge in [0.25, 0.3) is 10.0 Å². The van der Waals surface area contributed by atoms with Crippen LogP contribution in [0.5, 0.6) is 5.75 Å². The lowest BCUT2D eigenvalue weighted by atomic mass is 10.1. The van der Waals surface area contributed by atoms with Gasteiger partial charge in [-0.25, -0.2) is 12.8 Å². The number of sulfonamides is 1. The molecule has 10 heteroatoms. The molecule has 2 amide bonds. The van der Waals surface area contributed by atoms with E-state index in [0.29, 0.717) is 18.8 Å². The molecule has 0 bridgehead atoms. The van der Waals surface area contributed by atoms with Gasteiger partial charge in [-0.05, 0) is 80.8 Å². The number of halogens is 1. The first kappa shape index (κ1) is 31.6. The van der Waals surface area contributed by atoms with E-state index in [0.717, 1.165) is 40.6 Å². The summed E-state index contributed by atoms with van der Waals surface area (Å²) >= 11 is 0.